The summed E-state index contributed by atoms with van der Waals surface area (Å²) in [7, 11) is 0. The molecule has 2 fully saturated rings. The number of pyridine rings is 1. The molecule has 0 radical (unpaired) electrons. The maximum absolute atomic E-state index is 14.6. The lowest BCUT2D eigenvalue weighted by atomic mass is 9.69. The van der Waals surface area contributed by atoms with E-state index in [1.807, 2.05) is 23.6 Å². The number of unbranched alkanes of at least 4 members (excludes halogenated alkanes) is 5. The molecule has 370 valence electrons. The summed E-state index contributed by atoms with van der Waals surface area (Å²) >= 11 is 7.46. The number of halogens is 2. The highest BCUT2D eigenvalue weighted by atomic mass is 35.5. The number of fused-ring (bicyclic) bond motifs is 1. The minimum Gasteiger partial charge on any atom is -0.487 e. The fourth-order valence-corrected chi connectivity index (χ4v) is 9.67. The Labute approximate surface area is 410 Å². The van der Waals surface area contributed by atoms with E-state index >= 15 is 0 Å². The third-order valence-corrected chi connectivity index (χ3v) is 13.6. The Bertz CT molecular complexity index is 2370. The van der Waals surface area contributed by atoms with Gasteiger partial charge in [-0.1, -0.05) is 55.5 Å². The number of benzene rings is 2. The lowest BCUT2D eigenvalue weighted by Gasteiger charge is -2.39. The first-order valence-corrected chi connectivity index (χ1v) is 25.2. The second kappa shape index (κ2) is 25.9. The maximum atomic E-state index is 14.6. The Morgan fingerprint density at radius 3 is 2.36 bits per heavy atom. The molecule has 2 aromatic heterocycles. The monoisotopic (exact) mass is 989 g/mol. The molecule has 2 aliphatic heterocycles. The average molecular weight is 991 g/mol. The minimum atomic E-state index is -0.742. The summed E-state index contributed by atoms with van der Waals surface area (Å²) in [5, 5.41) is 14.2. The van der Waals surface area contributed by atoms with Crippen molar-refractivity contribution < 1.29 is 47.3 Å². The van der Waals surface area contributed by atoms with Crippen LogP contribution in [0.1, 0.15) is 105 Å². The summed E-state index contributed by atoms with van der Waals surface area (Å²) in [4.78, 5) is 74.3. The number of anilines is 3. The zero-order chi connectivity index (χ0) is 48.4. The summed E-state index contributed by atoms with van der Waals surface area (Å²) in [5.41, 5.74) is 1.77. The predicted molar refractivity (Wildman–Crippen MR) is 259 cm³/mol. The van der Waals surface area contributed by atoms with Gasteiger partial charge >= 0.3 is 0 Å². The standard InChI is InChI=1S/C50H61ClFN7O9S/c51-38-12-9-14-41(45(38)52)68-35-19-21-50(22-20-35,32-34-10-7-15-42(55-34)57-49-54-24-31-69-49)48(64)53-23-26-66-28-30-67-29-27-65-25-6-4-2-1-3-5-16-43(60)56-39-13-8-11-36-37(39)33-59(47(36)63)40-17-18-44(61)58-46(40)62/h7-15,24,31,35,40H,1-6,16-23,25-30,32-33H2,(H,53,64)(H,56,60)(H,54,55,57)(H,58,61,62). The molecule has 4 heterocycles. The molecule has 7 rings (SSSR count). The van der Waals surface area contributed by atoms with E-state index in [1.165, 1.54) is 22.3 Å². The van der Waals surface area contributed by atoms with Crippen LogP contribution in [-0.4, -0.2) is 103 Å². The van der Waals surface area contributed by atoms with Crippen LogP contribution in [0.25, 0.3) is 0 Å². The van der Waals surface area contributed by atoms with Gasteiger partial charge in [0.1, 0.15) is 11.9 Å². The molecule has 3 aliphatic rings. The first-order chi connectivity index (χ1) is 33.6. The fourth-order valence-electron chi connectivity index (χ4n) is 8.97. The van der Waals surface area contributed by atoms with Gasteiger partial charge in [-0.15, -0.1) is 11.3 Å². The lowest BCUT2D eigenvalue weighted by Crippen LogP contribution is -2.52. The summed E-state index contributed by atoms with van der Waals surface area (Å²) in [6.07, 6.45) is 10.6. The molecule has 1 atom stereocenters. The Morgan fingerprint density at radius 1 is 0.870 bits per heavy atom. The number of ether oxygens (including phenoxy) is 4. The van der Waals surface area contributed by atoms with Crippen molar-refractivity contribution in [1.29, 1.82) is 0 Å². The van der Waals surface area contributed by atoms with Crippen molar-refractivity contribution in [2.45, 2.75) is 109 Å². The van der Waals surface area contributed by atoms with E-state index in [-0.39, 0.29) is 59.9 Å². The number of imide groups is 1. The third kappa shape index (κ3) is 14.7. The average Bonchev–Trinajstić information content (AvgIpc) is 3.98. The van der Waals surface area contributed by atoms with Crippen LogP contribution in [0.15, 0.2) is 66.2 Å². The highest BCUT2D eigenvalue weighted by molar-refractivity contribution is 7.13. The van der Waals surface area contributed by atoms with Crippen LogP contribution in [0.5, 0.6) is 5.75 Å². The second-order valence-electron chi connectivity index (χ2n) is 17.5. The molecule has 1 unspecified atom stereocenters. The van der Waals surface area contributed by atoms with Crippen molar-refractivity contribution in [1.82, 2.24) is 25.5 Å². The van der Waals surface area contributed by atoms with E-state index in [2.05, 4.69) is 26.3 Å². The molecule has 0 spiro atoms. The van der Waals surface area contributed by atoms with Crippen molar-refractivity contribution in [2.24, 2.45) is 5.41 Å². The number of rotatable bonds is 27. The van der Waals surface area contributed by atoms with Gasteiger partial charge in [-0.3, -0.25) is 29.3 Å². The number of carbonyl (C=O) groups is 5. The van der Waals surface area contributed by atoms with Gasteiger partial charge in [0, 0.05) is 73.0 Å². The number of amides is 5. The van der Waals surface area contributed by atoms with Crippen molar-refractivity contribution in [2.75, 3.05) is 56.8 Å². The number of hydrogen-bond donors (Lipinski definition) is 4. The number of piperidine rings is 1. The van der Waals surface area contributed by atoms with Gasteiger partial charge in [0.25, 0.3) is 5.91 Å². The van der Waals surface area contributed by atoms with Crippen LogP contribution in [0.4, 0.5) is 21.0 Å². The summed E-state index contributed by atoms with van der Waals surface area (Å²) in [6, 6.07) is 14.9. The number of nitrogens with zero attached hydrogens (tertiary/aromatic N) is 3. The molecule has 4 N–H and O–H groups in total. The molecular weight excluding hydrogens is 929 g/mol. The first-order valence-electron chi connectivity index (χ1n) is 23.9. The normalized spacial score (nSPS) is 19.0. The van der Waals surface area contributed by atoms with Gasteiger partial charge < -0.3 is 39.8 Å². The number of carbonyl (C=O) groups excluding carboxylic acids is 5. The van der Waals surface area contributed by atoms with Crippen LogP contribution in [0.3, 0.4) is 0 Å². The quantitative estimate of drug-likeness (QED) is 0.0333. The largest absolute Gasteiger partial charge is 0.487 e. The fraction of sp³-hybridized carbons (Fsp3) is 0.500. The molecule has 16 nitrogen and oxygen atoms in total. The zero-order valence-corrected chi connectivity index (χ0v) is 40.3. The molecular formula is C50H61ClFN7O9S. The Hall–Kier alpha value is -5.53. The SMILES string of the molecule is O=C1CCC(N2Cc3c(NC(=O)CCCCCCCCOCCOCCOCCNC(=O)C4(Cc5cccc(Nc6nccs6)n5)CCC(Oc5cccc(Cl)c5F)CC4)cccc3C2=O)C(=O)N1. The van der Waals surface area contributed by atoms with E-state index in [4.69, 9.17) is 35.5 Å². The molecule has 2 aromatic carbocycles. The van der Waals surface area contributed by atoms with E-state index in [0.717, 1.165) is 49.4 Å². The van der Waals surface area contributed by atoms with Crippen molar-refractivity contribution in [3.63, 3.8) is 0 Å². The number of aromatic nitrogens is 2. The smallest absolute Gasteiger partial charge is 0.255 e. The van der Waals surface area contributed by atoms with Crippen molar-refractivity contribution in [3.05, 3.63) is 93.8 Å². The van der Waals surface area contributed by atoms with Crippen LogP contribution in [-0.2, 0) is 46.4 Å². The molecule has 19 heteroatoms. The molecule has 1 aliphatic carbocycles. The maximum Gasteiger partial charge on any atom is 0.255 e. The Balaban J connectivity index is 0.708. The van der Waals surface area contributed by atoms with Gasteiger partial charge in [-0.25, -0.2) is 14.4 Å². The molecule has 69 heavy (non-hydrogen) atoms. The highest BCUT2D eigenvalue weighted by Crippen LogP contribution is 2.41. The number of hydrogen-bond acceptors (Lipinski definition) is 13. The van der Waals surface area contributed by atoms with Gasteiger partial charge in [0.05, 0.1) is 49.6 Å². The lowest BCUT2D eigenvalue weighted by molar-refractivity contribution is -0.137. The molecule has 4 aromatic rings. The topological polar surface area (TPSA) is 199 Å². The molecule has 5 amide bonds. The van der Waals surface area contributed by atoms with Crippen LogP contribution < -0.4 is 26.0 Å². The summed E-state index contributed by atoms with van der Waals surface area (Å²) in [6.45, 7) is 3.24. The van der Waals surface area contributed by atoms with E-state index < -0.39 is 23.2 Å². The van der Waals surface area contributed by atoms with E-state index in [0.29, 0.717) is 107 Å². The molecule has 1 saturated carbocycles. The van der Waals surface area contributed by atoms with Crippen molar-refractivity contribution in [3.8, 4) is 5.75 Å². The van der Waals surface area contributed by atoms with Crippen LogP contribution in [0, 0.1) is 11.2 Å². The summed E-state index contributed by atoms with van der Waals surface area (Å²) in [5.74, 6) is -1.09. The number of thiazole rings is 1. The molecule has 1 saturated heterocycles. The zero-order valence-electron chi connectivity index (χ0n) is 38.7. The third-order valence-electron chi connectivity index (χ3n) is 12.6. The summed E-state index contributed by atoms with van der Waals surface area (Å²) < 4.78 is 37.8. The van der Waals surface area contributed by atoms with Gasteiger partial charge in [0.15, 0.2) is 16.7 Å². The Kier molecular flexibility index (Phi) is 19.3. The second-order valence-corrected chi connectivity index (χ2v) is 18.8. The predicted octanol–water partition coefficient (Wildman–Crippen LogP) is 7.92. The highest BCUT2D eigenvalue weighted by Gasteiger charge is 2.43. The first kappa shape index (κ1) is 51.3. The van der Waals surface area contributed by atoms with Crippen LogP contribution >= 0.6 is 22.9 Å². The van der Waals surface area contributed by atoms with E-state index in [9.17, 15) is 28.4 Å². The van der Waals surface area contributed by atoms with E-state index in [1.54, 1.807) is 36.5 Å². The minimum absolute atomic E-state index is 0.00375. The van der Waals surface area contributed by atoms with Crippen LogP contribution in [0.2, 0.25) is 5.02 Å². The molecule has 0 bridgehead atoms. The van der Waals surface area contributed by atoms with Crippen molar-refractivity contribution >= 4 is 69.1 Å². The van der Waals surface area contributed by atoms with Gasteiger partial charge in [-0.2, -0.15) is 0 Å². The Morgan fingerprint density at radius 2 is 1.59 bits per heavy atom. The van der Waals surface area contributed by atoms with Gasteiger partial charge in [-0.05, 0) is 81.3 Å². The number of nitrogens with one attached hydrogen (secondary N) is 4. The van der Waals surface area contributed by atoms with Gasteiger partial charge in [0.2, 0.25) is 23.6 Å².